The second kappa shape index (κ2) is 9.22. The van der Waals surface area contributed by atoms with E-state index in [2.05, 4.69) is 32.1 Å². The van der Waals surface area contributed by atoms with Gasteiger partial charge in [0.25, 0.3) is 5.56 Å². The number of rotatable bonds is 8. The molecule has 0 unspecified atom stereocenters. The summed E-state index contributed by atoms with van der Waals surface area (Å²) in [4.78, 5) is 13.3. The SMILES string of the molecule is CCCC=C(CCC)c1cc(-c2ccoc2)cn(Cc2ccccc2)c1=O. The zero-order chi connectivity index (χ0) is 19.1. The Morgan fingerprint density at radius 1 is 1.07 bits per heavy atom. The van der Waals surface area contributed by atoms with E-state index in [9.17, 15) is 4.79 Å². The largest absolute Gasteiger partial charge is 0.472 e. The second-order valence-corrected chi connectivity index (χ2v) is 6.84. The molecular formula is C24H27NO2. The van der Waals surface area contributed by atoms with Crippen molar-refractivity contribution >= 4 is 5.57 Å². The third-order valence-corrected chi connectivity index (χ3v) is 4.68. The van der Waals surface area contributed by atoms with E-state index in [1.54, 1.807) is 12.5 Å². The predicted octanol–water partition coefficient (Wildman–Crippen LogP) is 6.14. The molecule has 2 aromatic heterocycles. The monoisotopic (exact) mass is 361 g/mol. The number of furan rings is 1. The molecule has 27 heavy (non-hydrogen) atoms. The van der Waals surface area contributed by atoms with Crippen LogP contribution in [0.15, 0.2) is 76.5 Å². The van der Waals surface area contributed by atoms with Gasteiger partial charge in [-0.05, 0) is 36.1 Å². The van der Waals surface area contributed by atoms with Gasteiger partial charge in [-0.2, -0.15) is 0 Å². The minimum atomic E-state index is 0.0712. The number of nitrogens with zero attached hydrogens (tertiary/aromatic N) is 1. The molecule has 3 aromatic rings. The lowest BCUT2D eigenvalue weighted by molar-refractivity contribution is 0.568. The normalized spacial score (nSPS) is 11.7. The predicted molar refractivity (Wildman–Crippen MR) is 112 cm³/mol. The summed E-state index contributed by atoms with van der Waals surface area (Å²) in [5.74, 6) is 0. The molecule has 3 rings (SSSR count). The topological polar surface area (TPSA) is 35.1 Å². The smallest absolute Gasteiger partial charge is 0.258 e. The van der Waals surface area contributed by atoms with Crippen LogP contribution in [0.25, 0.3) is 16.7 Å². The molecule has 140 valence electrons. The molecule has 0 bridgehead atoms. The third kappa shape index (κ3) is 4.68. The molecule has 0 amide bonds. The fourth-order valence-electron chi connectivity index (χ4n) is 3.28. The molecular weight excluding hydrogens is 334 g/mol. The minimum absolute atomic E-state index is 0.0712. The standard InChI is InChI=1S/C24H27NO2/c1-3-5-12-20(9-4-2)23-15-22(21-13-14-27-18-21)17-25(24(23)26)16-19-10-7-6-8-11-19/h6-8,10-15,17-18H,3-5,9,16H2,1-2H3. The molecule has 0 radical (unpaired) electrons. The highest BCUT2D eigenvalue weighted by atomic mass is 16.3. The van der Waals surface area contributed by atoms with Gasteiger partial charge in [0.1, 0.15) is 0 Å². The van der Waals surface area contributed by atoms with Gasteiger partial charge in [0, 0.05) is 22.9 Å². The van der Waals surface area contributed by atoms with Crippen LogP contribution in [0.4, 0.5) is 0 Å². The Balaban J connectivity index is 2.12. The van der Waals surface area contributed by atoms with E-state index in [4.69, 9.17) is 4.42 Å². The average molecular weight is 361 g/mol. The van der Waals surface area contributed by atoms with Crippen LogP contribution >= 0.6 is 0 Å². The van der Waals surface area contributed by atoms with Crippen molar-refractivity contribution in [3.63, 3.8) is 0 Å². The number of allylic oxidation sites excluding steroid dienone is 2. The van der Waals surface area contributed by atoms with Gasteiger partial charge >= 0.3 is 0 Å². The van der Waals surface area contributed by atoms with Gasteiger partial charge in [-0.1, -0.05) is 63.1 Å². The minimum Gasteiger partial charge on any atom is -0.472 e. The van der Waals surface area contributed by atoms with Gasteiger partial charge in [-0.15, -0.1) is 0 Å². The number of pyridine rings is 1. The van der Waals surface area contributed by atoms with Crippen LogP contribution in [0.1, 0.15) is 50.7 Å². The fraction of sp³-hybridized carbons (Fsp3) is 0.292. The number of hydrogen-bond acceptors (Lipinski definition) is 2. The van der Waals surface area contributed by atoms with E-state index in [0.29, 0.717) is 6.54 Å². The lowest BCUT2D eigenvalue weighted by Gasteiger charge is -2.14. The summed E-state index contributed by atoms with van der Waals surface area (Å²) in [5, 5.41) is 0. The Labute approximate surface area is 161 Å². The summed E-state index contributed by atoms with van der Waals surface area (Å²) in [6, 6.07) is 14.1. The zero-order valence-corrected chi connectivity index (χ0v) is 16.2. The summed E-state index contributed by atoms with van der Waals surface area (Å²) in [7, 11) is 0. The van der Waals surface area contributed by atoms with Crippen molar-refractivity contribution in [2.24, 2.45) is 0 Å². The van der Waals surface area contributed by atoms with E-state index in [1.165, 1.54) is 0 Å². The van der Waals surface area contributed by atoms with Crippen LogP contribution in [0, 0.1) is 0 Å². The van der Waals surface area contributed by atoms with Gasteiger partial charge in [0.05, 0.1) is 19.1 Å². The van der Waals surface area contributed by atoms with Crippen molar-refractivity contribution < 1.29 is 4.42 Å². The maximum atomic E-state index is 13.3. The molecule has 2 heterocycles. The van der Waals surface area contributed by atoms with Crippen LogP contribution in [0.2, 0.25) is 0 Å². The first-order valence-electron chi connectivity index (χ1n) is 9.73. The first kappa shape index (κ1) is 19.0. The molecule has 1 aromatic carbocycles. The van der Waals surface area contributed by atoms with Crippen LogP contribution in [0.3, 0.4) is 0 Å². The molecule has 0 spiro atoms. The second-order valence-electron chi connectivity index (χ2n) is 6.84. The van der Waals surface area contributed by atoms with Crippen LogP contribution in [0.5, 0.6) is 0 Å². The summed E-state index contributed by atoms with van der Waals surface area (Å²) in [6.45, 7) is 4.88. The molecule has 0 N–H and O–H groups in total. The Morgan fingerprint density at radius 3 is 2.56 bits per heavy atom. The summed E-state index contributed by atoms with van der Waals surface area (Å²) in [5.41, 5.74) is 5.14. The highest BCUT2D eigenvalue weighted by Crippen LogP contribution is 2.25. The lowest BCUT2D eigenvalue weighted by Crippen LogP contribution is -2.24. The van der Waals surface area contributed by atoms with Gasteiger partial charge in [-0.3, -0.25) is 4.79 Å². The van der Waals surface area contributed by atoms with Crippen LogP contribution in [-0.2, 0) is 6.54 Å². The molecule has 0 fully saturated rings. The summed E-state index contributed by atoms with van der Waals surface area (Å²) < 4.78 is 7.09. The molecule has 3 heteroatoms. The Kier molecular flexibility index (Phi) is 6.48. The highest BCUT2D eigenvalue weighted by molar-refractivity contribution is 5.71. The average Bonchev–Trinajstić information content (AvgIpc) is 3.22. The first-order valence-corrected chi connectivity index (χ1v) is 9.73. The van der Waals surface area contributed by atoms with Crippen molar-refractivity contribution in [3.05, 3.63) is 88.7 Å². The molecule has 0 saturated carbocycles. The number of unbranched alkanes of at least 4 members (excludes halogenated alkanes) is 1. The number of aromatic nitrogens is 1. The van der Waals surface area contributed by atoms with Crippen molar-refractivity contribution in [2.45, 2.75) is 46.1 Å². The van der Waals surface area contributed by atoms with Crippen LogP contribution < -0.4 is 5.56 Å². The number of hydrogen-bond donors (Lipinski definition) is 0. The zero-order valence-electron chi connectivity index (χ0n) is 16.2. The van der Waals surface area contributed by atoms with Crippen molar-refractivity contribution in [3.8, 4) is 11.1 Å². The van der Waals surface area contributed by atoms with Gasteiger partial charge in [0.2, 0.25) is 0 Å². The first-order chi connectivity index (χ1) is 13.2. The molecule has 0 aliphatic carbocycles. The quantitative estimate of drug-likeness (QED) is 0.483. The molecule has 3 nitrogen and oxygen atoms in total. The van der Waals surface area contributed by atoms with Crippen molar-refractivity contribution in [1.29, 1.82) is 0 Å². The molecule has 0 atom stereocenters. The fourth-order valence-corrected chi connectivity index (χ4v) is 3.28. The maximum Gasteiger partial charge on any atom is 0.258 e. The van der Waals surface area contributed by atoms with Crippen LogP contribution in [-0.4, -0.2) is 4.57 Å². The Bertz CT molecular complexity index is 934. The Hall–Kier alpha value is -2.81. The van der Waals surface area contributed by atoms with E-state index < -0.39 is 0 Å². The van der Waals surface area contributed by atoms with Crippen molar-refractivity contribution in [2.75, 3.05) is 0 Å². The maximum absolute atomic E-state index is 13.3. The third-order valence-electron chi connectivity index (χ3n) is 4.68. The summed E-state index contributed by atoms with van der Waals surface area (Å²) in [6.07, 6.45) is 11.6. The van der Waals surface area contributed by atoms with E-state index in [1.807, 2.05) is 41.1 Å². The van der Waals surface area contributed by atoms with Gasteiger partial charge in [0.15, 0.2) is 0 Å². The molecule has 0 aliphatic heterocycles. The molecule has 0 saturated heterocycles. The van der Waals surface area contributed by atoms with E-state index in [-0.39, 0.29) is 5.56 Å². The van der Waals surface area contributed by atoms with Gasteiger partial charge in [-0.25, -0.2) is 0 Å². The van der Waals surface area contributed by atoms with Crippen molar-refractivity contribution in [1.82, 2.24) is 4.57 Å². The van der Waals surface area contributed by atoms with E-state index >= 15 is 0 Å². The number of benzene rings is 1. The highest BCUT2D eigenvalue weighted by Gasteiger charge is 2.13. The summed E-state index contributed by atoms with van der Waals surface area (Å²) >= 11 is 0. The molecule has 0 aliphatic rings. The lowest BCUT2D eigenvalue weighted by atomic mass is 9.98. The van der Waals surface area contributed by atoms with E-state index in [0.717, 1.165) is 53.5 Å². The Morgan fingerprint density at radius 2 is 1.89 bits per heavy atom. The van der Waals surface area contributed by atoms with Gasteiger partial charge < -0.3 is 8.98 Å².